The van der Waals surface area contributed by atoms with E-state index in [-0.39, 0.29) is 0 Å². The van der Waals surface area contributed by atoms with Gasteiger partial charge in [-0.05, 0) is 19.9 Å². The Morgan fingerprint density at radius 3 is 2.42 bits per heavy atom. The van der Waals surface area contributed by atoms with Crippen molar-refractivity contribution < 1.29 is 13.6 Å². The SMILES string of the molecule is C=C(C)CC(F)(F)C(=O)C=CC. The Bertz CT molecular complexity index is 217. The van der Waals surface area contributed by atoms with Crippen LogP contribution in [-0.2, 0) is 4.79 Å². The van der Waals surface area contributed by atoms with Crippen molar-refractivity contribution in [3.05, 3.63) is 24.3 Å². The molecule has 0 bridgehead atoms. The van der Waals surface area contributed by atoms with E-state index in [4.69, 9.17) is 0 Å². The van der Waals surface area contributed by atoms with Crippen molar-refractivity contribution in [2.24, 2.45) is 0 Å². The largest absolute Gasteiger partial charge is 0.312 e. The summed E-state index contributed by atoms with van der Waals surface area (Å²) in [6.45, 7) is 6.32. The zero-order valence-electron chi connectivity index (χ0n) is 7.23. The van der Waals surface area contributed by atoms with Gasteiger partial charge in [0.05, 0.1) is 0 Å². The lowest BCUT2D eigenvalue weighted by atomic mass is 10.1. The van der Waals surface area contributed by atoms with E-state index in [1.54, 1.807) is 0 Å². The summed E-state index contributed by atoms with van der Waals surface area (Å²) in [6.07, 6.45) is 1.60. The summed E-state index contributed by atoms with van der Waals surface area (Å²) in [6, 6.07) is 0. The average Bonchev–Trinajstić information content (AvgIpc) is 1.85. The molecule has 0 aliphatic rings. The van der Waals surface area contributed by atoms with Crippen LogP contribution in [0.1, 0.15) is 20.3 Å². The number of rotatable bonds is 4. The van der Waals surface area contributed by atoms with Crippen LogP contribution in [0.25, 0.3) is 0 Å². The predicted octanol–water partition coefficient (Wildman–Crippen LogP) is 2.73. The van der Waals surface area contributed by atoms with Gasteiger partial charge in [0.15, 0.2) is 0 Å². The van der Waals surface area contributed by atoms with Crippen LogP contribution >= 0.6 is 0 Å². The van der Waals surface area contributed by atoms with Gasteiger partial charge in [0.1, 0.15) is 0 Å². The molecule has 0 rings (SSSR count). The number of allylic oxidation sites excluding steroid dienone is 3. The van der Waals surface area contributed by atoms with Gasteiger partial charge in [-0.25, -0.2) is 0 Å². The highest BCUT2D eigenvalue weighted by molar-refractivity contribution is 5.95. The van der Waals surface area contributed by atoms with Crippen molar-refractivity contribution >= 4 is 5.78 Å². The van der Waals surface area contributed by atoms with Crippen LogP contribution in [0.3, 0.4) is 0 Å². The number of halogens is 2. The predicted molar refractivity (Wildman–Crippen MR) is 44.2 cm³/mol. The molecule has 0 aromatic rings. The first kappa shape index (κ1) is 11.0. The number of carbonyl (C=O) groups is 1. The van der Waals surface area contributed by atoms with Crippen LogP contribution in [0.4, 0.5) is 8.78 Å². The average molecular weight is 174 g/mol. The van der Waals surface area contributed by atoms with Gasteiger partial charge < -0.3 is 0 Å². The fraction of sp³-hybridized carbons (Fsp3) is 0.444. The third-order valence-electron chi connectivity index (χ3n) is 1.20. The van der Waals surface area contributed by atoms with Gasteiger partial charge in [-0.3, -0.25) is 4.79 Å². The molecule has 0 aromatic carbocycles. The fourth-order valence-electron chi connectivity index (χ4n) is 0.739. The van der Waals surface area contributed by atoms with Gasteiger partial charge in [0.25, 0.3) is 0 Å². The summed E-state index contributed by atoms with van der Waals surface area (Å²) in [5, 5.41) is 0. The zero-order chi connectivity index (χ0) is 9.78. The molecule has 0 spiro atoms. The minimum atomic E-state index is -3.29. The summed E-state index contributed by atoms with van der Waals surface area (Å²) in [5.41, 5.74) is 0.304. The molecule has 0 saturated carbocycles. The van der Waals surface area contributed by atoms with E-state index in [0.717, 1.165) is 6.08 Å². The van der Waals surface area contributed by atoms with Crippen LogP contribution in [0.5, 0.6) is 0 Å². The molecule has 68 valence electrons. The fourth-order valence-corrected chi connectivity index (χ4v) is 0.739. The normalized spacial score (nSPS) is 12.0. The standard InChI is InChI=1S/C9H12F2O/c1-4-5-8(12)9(10,11)6-7(2)3/h4-5H,2,6H2,1,3H3. The molecule has 0 unspecified atom stereocenters. The zero-order valence-corrected chi connectivity index (χ0v) is 7.23. The Balaban J connectivity index is 4.38. The van der Waals surface area contributed by atoms with Crippen LogP contribution in [0.2, 0.25) is 0 Å². The highest BCUT2D eigenvalue weighted by Gasteiger charge is 2.35. The second kappa shape index (κ2) is 4.14. The second-order valence-corrected chi connectivity index (χ2v) is 2.70. The van der Waals surface area contributed by atoms with Gasteiger partial charge in [-0.2, -0.15) is 8.78 Å². The third kappa shape index (κ3) is 3.42. The lowest BCUT2D eigenvalue weighted by molar-refractivity contribution is -0.137. The van der Waals surface area contributed by atoms with Gasteiger partial charge in [0.2, 0.25) is 5.78 Å². The van der Waals surface area contributed by atoms with Crippen molar-refractivity contribution in [3.8, 4) is 0 Å². The molecule has 0 N–H and O–H groups in total. The van der Waals surface area contributed by atoms with Gasteiger partial charge >= 0.3 is 5.92 Å². The summed E-state index contributed by atoms with van der Waals surface area (Å²) < 4.78 is 25.6. The molecule has 0 aliphatic carbocycles. The number of hydrogen-bond donors (Lipinski definition) is 0. The molecule has 3 heteroatoms. The maximum Gasteiger partial charge on any atom is 0.312 e. The highest BCUT2D eigenvalue weighted by Crippen LogP contribution is 2.23. The van der Waals surface area contributed by atoms with Crippen molar-refractivity contribution in [1.29, 1.82) is 0 Å². The van der Waals surface area contributed by atoms with Crippen molar-refractivity contribution in [2.45, 2.75) is 26.2 Å². The number of hydrogen-bond acceptors (Lipinski definition) is 1. The van der Waals surface area contributed by atoms with Crippen molar-refractivity contribution in [1.82, 2.24) is 0 Å². The second-order valence-electron chi connectivity index (χ2n) is 2.70. The molecule has 12 heavy (non-hydrogen) atoms. The molecule has 0 radical (unpaired) electrons. The van der Waals surface area contributed by atoms with E-state index in [1.165, 1.54) is 19.9 Å². The molecule has 1 nitrogen and oxygen atoms in total. The van der Waals surface area contributed by atoms with E-state index in [0.29, 0.717) is 5.57 Å². The minimum absolute atomic E-state index is 0.304. The van der Waals surface area contributed by atoms with E-state index in [2.05, 4.69) is 6.58 Å². The van der Waals surface area contributed by atoms with E-state index >= 15 is 0 Å². The van der Waals surface area contributed by atoms with Crippen LogP contribution in [0.15, 0.2) is 24.3 Å². The molecule has 0 fully saturated rings. The van der Waals surface area contributed by atoms with Crippen LogP contribution in [-0.4, -0.2) is 11.7 Å². The number of ketones is 1. The third-order valence-corrected chi connectivity index (χ3v) is 1.20. The summed E-state index contributed by atoms with van der Waals surface area (Å²) >= 11 is 0. The summed E-state index contributed by atoms with van der Waals surface area (Å²) in [5.74, 6) is -4.45. The maximum atomic E-state index is 12.8. The van der Waals surface area contributed by atoms with Crippen LogP contribution < -0.4 is 0 Å². The van der Waals surface area contributed by atoms with E-state index in [9.17, 15) is 13.6 Å². The molecule has 0 amide bonds. The lowest BCUT2D eigenvalue weighted by Gasteiger charge is -2.11. The maximum absolute atomic E-state index is 12.8. The monoisotopic (exact) mass is 174 g/mol. The van der Waals surface area contributed by atoms with E-state index in [1.807, 2.05) is 0 Å². The molecule has 0 aromatic heterocycles. The first-order valence-corrected chi connectivity index (χ1v) is 3.59. The topological polar surface area (TPSA) is 17.1 Å². The summed E-state index contributed by atoms with van der Waals surface area (Å²) in [7, 11) is 0. The Kier molecular flexibility index (Phi) is 3.80. The molecular formula is C9H12F2O. The molecule has 0 heterocycles. The Morgan fingerprint density at radius 1 is 1.58 bits per heavy atom. The van der Waals surface area contributed by atoms with Crippen molar-refractivity contribution in [2.75, 3.05) is 0 Å². The molecule has 0 atom stereocenters. The Morgan fingerprint density at radius 2 is 2.08 bits per heavy atom. The molecule has 0 saturated heterocycles. The van der Waals surface area contributed by atoms with Gasteiger partial charge in [-0.15, -0.1) is 0 Å². The smallest absolute Gasteiger partial charge is 0.288 e. The molecule has 0 aliphatic heterocycles. The Hall–Kier alpha value is -0.990. The Labute approximate surface area is 70.8 Å². The lowest BCUT2D eigenvalue weighted by Crippen LogP contribution is -2.26. The number of carbonyl (C=O) groups excluding carboxylic acids is 1. The quantitative estimate of drug-likeness (QED) is 0.473. The first-order valence-electron chi connectivity index (χ1n) is 3.59. The van der Waals surface area contributed by atoms with E-state index < -0.39 is 18.1 Å². The number of alkyl halides is 2. The minimum Gasteiger partial charge on any atom is -0.288 e. The van der Waals surface area contributed by atoms with Crippen molar-refractivity contribution in [3.63, 3.8) is 0 Å². The highest BCUT2D eigenvalue weighted by atomic mass is 19.3. The van der Waals surface area contributed by atoms with Crippen LogP contribution in [0, 0.1) is 0 Å². The van der Waals surface area contributed by atoms with Gasteiger partial charge in [0, 0.05) is 6.42 Å². The summed E-state index contributed by atoms with van der Waals surface area (Å²) in [4.78, 5) is 10.7. The first-order chi connectivity index (χ1) is 5.40. The molecular weight excluding hydrogens is 162 g/mol. The van der Waals surface area contributed by atoms with Gasteiger partial charge in [-0.1, -0.05) is 18.2 Å².